The molecule has 2 aliphatic heterocycles. The van der Waals surface area contributed by atoms with Crippen molar-refractivity contribution in [2.24, 2.45) is 5.92 Å². The highest BCUT2D eigenvalue weighted by atomic mass is 16.5. The summed E-state index contributed by atoms with van der Waals surface area (Å²) in [6, 6.07) is 8.19. The van der Waals surface area contributed by atoms with E-state index in [1.807, 2.05) is 18.2 Å². The van der Waals surface area contributed by atoms with Gasteiger partial charge in [0.2, 0.25) is 5.91 Å². The van der Waals surface area contributed by atoms with E-state index >= 15 is 0 Å². The van der Waals surface area contributed by atoms with Crippen molar-refractivity contribution in [3.8, 4) is 0 Å². The van der Waals surface area contributed by atoms with Gasteiger partial charge in [-0.25, -0.2) is 0 Å². The molecule has 116 valence electrons. The topological polar surface area (TPSA) is 54.7 Å². The zero-order valence-electron chi connectivity index (χ0n) is 12.7. The first-order valence-electron chi connectivity index (χ1n) is 7.78. The third-order valence-electron chi connectivity index (χ3n) is 4.62. The van der Waals surface area contributed by atoms with Crippen LogP contribution in [0, 0.1) is 12.8 Å². The van der Waals surface area contributed by atoms with Gasteiger partial charge in [-0.15, -0.1) is 0 Å². The minimum Gasteiger partial charge on any atom is -0.459 e. The van der Waals surface area contributed by atoms with Gasteiger partial charge in [0.15, 0.2) is 0 Å². The van der Waals surface area contributed by atoms with Crippen LogP contribution in [0.15, 0.2) is 28.7 Å². The summed E-state index contributed by atoms with van der Waals surface area (Å²) in [5.41, 5.74) is 2.13. The zero-order valence-corrected chi connectivity index (χ0v) is 12.7. The standard InChI is InChI=1S/C17H20N2O3/c1-11-14-4-2-3-5-15(14)22-16(11)8-19-6-12-9-21-10-13(7-19)18-17(12)20/h2-5,12-13H,6-10H2,1H3,(H,18,20)/t12-,13+/m1/s1. The minimum atomic E-state index is -0.0859. The van der Waals surface area contributed by atoms with Crippen LogP contribution >= 0.6 is 0 Å². The van der Waals surface area contributed by atoms with Crippen molar-refractivity contribution in [3.05, 3.63) is 35.6 Å². The Labute approximate surface area is 129 Å². The summed E-state index contributed by atoms with van der Waals surface area (Å²) < 4.78 is 11.6. The van der Waals surface area contributed by atoms with Crippen LogP contribution in [-0.2, 0) is 16.1 Å². The molecule has 1 N–H and O–H groups in total. The number of hydrogen-bond acceptors (Lipinski definition) is 4. The number of aryl methyl sites for hydroxylation is 1. The maximum atomic E-state index is 12.1. The highest BCUT2D eigenvalue weighted by Crippen LogP contribution is 2.27. The average molecular weight is 300 g/mol. The maximum Gasteiger partial charge on any atom is 0.227 e. The lowest BCUT2D eigenvalue weighted by Gasteiger charge is -2.26. The molecule has 2 aromatic rings. The van der Waals surface area contributed by atoms with Crippen LogP contribution in [0.4, 0.5) is 0 Å². The van der Waals surface area contributed by atoms with Gasteiger partial charge in [0.05, 0.1) is 31.7 Å². The lowest BCUT2D eigenvalue weighted by molar-refractivity contribution is -0.125. The van der Waals surface area contributed by atoms with Crippen LogP contribution in [-0.4, -0.2) is 43.2 Å². The number of furan rings is 1. The summed E-state index contributed by atoms with van der Waals surface area (Å²) in [6.07, 6.45) is 0. The molecule has 1 aromatic carbocycles. The van der Waals surface area contributed by atoms with Gasteiger partial charge in [-0.2, -0.15) is 0 Å². The monoisotopic (exact) mass is 300 g/mol. The van der Waals surface area contributed by atoms with E-state index in [-0.39, 0.29) is 17.9 Å². The van der Waals surface area contributed by atoms with Gasteiger partial charge in [0.25, 0.3) is 0 Å². The van der Waals surface area contributed by atoms with Crippen molar-refractivity contribution >= 4 is 16.9 Å². The van der Waals surface area contributed by atoms with Crippen molar-refractivity contribution in [1.29, 1.82) is 0 Å². The molecule has 5 nitrogen and oxygen atoms in total. The summed E-state index contributed by atoms with van der Waals surface area (Å²) in [5.74, 6) is 1.03. The van der Waals surface area contributed by atoms with Crippen molar-refractivity contribution < 1.29 is 13.9 Å². The lowest BCUT2D eigenvalue weighted by Crippen LogP contribution is -2.41. The van der Waals surface area contributed by atoms with Gasteiger partial charge in [-0.3, -0.25) is 9.69 Å². The Morgan fingerprint density at radius 2 is 2.14 bits per heavy atom. The number of rotatable bonds is 2. The molecular formula is C17H20N2O3. The first-order valence-corrected chi connectivity index (χ1v) is 7.78. The molecule has 4 rings (SSSR count). The van der Waals surface area contributed by atoms with E-state index in [2.05, 4.69) is 23.2 Å². The van der Waals surface area contributed by atoms with Crippen LogP contribution in [0.2, 0.25) is 0 Å². The van der Waals surface area contributed by atoms with Gasteiger partial charge in [-0.05, 0) is 18.6 Å². The molecule has 0 aliphatic carbocycles. The molecule has 2 fully saturated rings. The van der Waals surface area contributed by atoms with Gasteiger partial charge in [0.1, 0.15) is 11.3 Å². The number of nitrogens with one attached hydrogen (secondary N) is 1. The number of para-hydroxylation sites is 1. The van der Waals surface area contributed by atoms with E-state index in [4.69, 9.17) is 9.15 Å². The Balaban J connectivity index is 1.59. The number of hydrogen-bond donors (Lipinski definition) is 1. The highest BCUT2D eigenvalue weighted by molar-refractivity contribution is 5.82. The molecule has 0 unspecified atom stereocenters. The predicted molar refractivity (Wildman–Crippen MR) is 82.5 cm³/mol. The molecule has 1 aromatic heterocycles. The van der Waals surface area contributed by atoms with Crippen molar-refractivity contribution in [2.75, 3.05) is 26.3 Å². The van der Waals surface area contributed by atoms with Gasteiger partial charge in [-0.1, -0.05) is 18.2 Å². The third-order valence-corrected chi connectivity index (χ3v) is 4.62. The first-order chi connectivity index (χ1) is 10.7. The SMILES string of the molecule is Cc1c(CN2C[C@H]3COC[C@@H](C2)C(=O)N3)oc2ccccc12. The fourth-order valence-electron chi connectivity index (χ4n) is 3.43. The van der Waals surface area contributed by atoms with Crippen LogP contribution in [0.25, 0.3) is 11.0 Å². The molecule has 0 saturated carbocycles. The van der Waals surface area contributed by atoms with Crippen LogP contribution in [0.1, 0.15) is 11.3 Å². The normalized spacial score (nSPS) is 26.0. The quantitative estimate of drug-likeness (QED) is 0.917. The average Bonchev–Trinajstić information content (AvgIpc) is 2.61. The van der Waals surface area contributed by atoms with E-state index in [9.17, 15) is 4.79 Å². The second-order valence-electron chi connectivity index (χ2n) is 6.28. The van der Waals surface area contributed by atoms with Crippen molar-refractivity contribution in [1.82, 2.24) is 10.2 Å². The largest absolute Gasteiger partial charge is 0.459 e. The van der Waals surface area contributed by atoms with Crippen molar-refractivity contribution in [3.63, 3.8) is 0 Å². The molecule has 5 heteroatoms. The fraction of sp³-hybridized carbons (Fsp3) is 0.471. The Kier molecular flexibility index (Phi) is 3.39. The maximum absolute atomic E-state index is 12.1. The lowest BCUT2D eigenvalue weighted by atomic mass is 10.1. The molecule has 0 radical (unpaired) electrons. The van der Waals surface area contributed by atoms with Crippen LogP contribution < -0.4 is 5.32 Å². The van der Waals surface area contributed by atoms with Crippen LogP contribution in [0.3, 0.4) is 0 Å². The Morgan fingerprint density at radius 1 is 1.27 bits per heavy atom. The number of benzene rings is 1. The molecule has 2 bridgehead atoms. The number of nitrogens with zero attached hydrogens (tertiary/aromatic N) is 1. The van der Waals surface area contributed by atoms with E-state index < -0.39 is 0 Å². The second-order valence-corrected chi connectivity index (χ2v) is 6.28. The third kappa shape index (κ3) is 2.40. The summed E-state index contributed by atoms with van der Waals surface area (Å²) in [6.45, 7) is 5.47. The molecular weight excluding hydrogens is 280 g/mol. The van der Waals surface area contributed by atoms with E-state index in [0.29, 0.717) is 13.2 Å². The Bertz CT molecular complexity index is 709. The summed E-state index contributed by atoms with van der Waals surface area (Å²) >= 11 is 0. The second kappa shape index (κ2) is 5.41. The van der Waals surface area contributed by atoms with E-state index in [1.165, 1.54) is 10.9 Å². The van der Waals surface area contributed by atoms with Crippen molar-refractivity contribution in [2.45, 2.75) is 19.5 Å². The number of carbonyl (C=O) groups excluding carboxylic acids is 1. The first kappa shape index (κ1) is 13.8. The number of ether oxygens (including phenoxy) is 1. The summed E-state index contributed by atoms with van der Waals surface area (Å²) in [7, 11) is 0. The highest BCUT2D eigenvalue weighted by Gasteiger charge is 2.33. The molecule has 2 atom stereocenters. The number of carbonyl (C=O) groups is 1. The van der Waals surface area contributed by atoms with Gasteiger partial charge >= 0.3 is 0 Å². The molecule has 3 heterocycles. The van der Waals surface area contributed by atoms with Gasteiger partial charge < -0.3 is 14.5 Å². The summed E-state index contributed by atoms with van der Waals surface area (Å²) in [4.78, 5) is 14.4. The Hall–Kier alpha value is -1.85. The molecule has 2 saturated heterocycles. The summed E-state index contributed by atoms with van der Waals surface area (Å²) in [5, 5.41) is 4.23. The Morgan fingerprint density at radius 3 is 3.00 bits per heavy atom. The minimum absolute atomic E-state index is 0.0738. The smallest absolute Gasteiger partial charge is 0.227 e. The van der Waals surface area contributed by atoms with E-state index in [0.717, 1.165) is 31.0 Å². The molecule has 2 aliphatic rings. The van der Waals surface area contributed by atoms with Crippen LogP contribution in [0.5, 0.6) is 0 Å². The number of amides is 1. The molecule has 1 amide bonds. The molecule has 0 spiro atoms. The van der Waals surface area contributed by atoms with Gasteiger partial charge in [0, 0.05) is 18.5 Å². The van der Waals surface area contributed by atoms with E-state index in [1.54, 1.807) is 0 Å². The zero-order chi connectivity index (χ0) is 15.1. The molecule has 22 heavy (non-hydrogen) atoms. The fourth-order valence-corrected chi connectivity index (χ4v) is 3.43. The number of fused-ring (bicyclic) bond motifs is 4. The predicted octanol–water partition coefficient (Wildman–Crippen LogP) is 1.69.